The molecule has 0 aromatic carbocycles. The van der Waals surface area contributed by atoms with E-state index in [0.717, 1.165) is 5.69 Å². The van der Waals surface area contributed by atoms with Crippen LogP contribution >= 0.6 is 11.3 Å². The lowest BCUT2D eigenvalue weighted by atomic mass is 9.90. The molecule has 0 saturated heterocycles. The number of ether oxygens (including phenoxy) is 1. The molecule has 1 aliphatic rings. The Kier molecular flexibility index (Phi) is 6.51. The van der Waals surface area contributed by atoms with E-state index in [2.05, 4.69) is 10.4 Å². The zero-order valence-corrected chi connectivity index (χ0v) is 13.2. The van der Waals surface area contributed by atoms with E-state index in [1.165, 1.54) is 69.1 Å². The maximum Gasteiger partial charge on any atom is 0.367 e. The lowest BCUT2D eigenvalue weighted by Gasteiger charge is -2.16. The Labute approximate surface area is 125 Å². The second-order valence-electron chi connectivity index (χ2n) is 5.55. The standard InChI is InChI=1S/C16H25NO2S/c1-2-19-16(18)15-17-14(12-20-15)13-10-8-6-4-3-5-7-9-11-13/h12-13H,2-11H2,1H3. The van der Waals surface area contributed by atoms with Gasteiger partial charge in [0, 0.05) is 11.3 Å². The van der Waals surface area contributed by atoms with Crippen molar-refractivity contribution in [2.75, 3.05) is 6.61 Å². The monoisotopic (exact) mass is 295 g/mol. The number of carbonyl (C=O) groups is 1. The first-order chi connectivity index (χ1) is 9.81. The zero-order chi connectivity index (χ0) is 14.2. The van der Waals surface area contributed by atoms with Gasteiger partial charge in [0.1, 0.15) is 0 Å². The van der Waals surface area contributed by atoms with Gasteiger partial charge in [0.15, 0.2) is 0 Å². The van der Waals surface area contributed by atoms with Crippen LogP contribution in [0.3, 0.4) is 0 Å². The summed E-state index contributed by atoms with van der Waals surface area (Å²) in [4.78, 5) is 16.2. The number of esters is 1. The Balaban J connectivity index is 1.98. The van der Waals surface area contributed by atoms with Crippen LogP contribution in [0.25, 0.3) is 0 Å². The van der Waals surface area contributed by atoms with Gasteiger partial charge in [-0.1, -0.05) is 44.9 Å². The van der Waals surface area contributed by atoms with Gasteiger partial charge >= 0.3 is 5.97 Å². The molecule has 0 N–H and O–H groups in total. The summed E-state index contributed by atoms with van der Waals surface area (Å²) >= 11 is 1.43. The van der Waals surface area contributed by atoms with Crippen molar-refractivity contribution >= 4 is 17.3 Å². The van der Waals surface area contributed by atoms with E-state index >= 15 is 0 Å². The molecule has 2 rings (SSSR count). The number of aromatic nitrogens is 1. The van der Waals surface area contributed by atoms with Crippen molar-refractivity contribution in [2.45, 2.75) is 70.6 Å². The van der Waals surface area contributed by atoms with Crippen molar-refractivity contribution in [1.29, 1.82) is 0 Å². The minimum absolute atomic E-state index is 0.274. The zero-order valence-electron chi connectivity index (χ0n) is 12.4. The molecule has 1 saturated carbocycles. The SMILES string of the molecule is CCOC(=O)c1nc(C2CCCCCCCCC2)cs1. The smallest absolute Gasteiger partial charge is 0.367 e. The van der Waals surface area contributed by atoms with E-state index in [4.69, 9.17) is 4.74 Å². The predicted octanol–water partition coefficient (Wildman–Crippen LogP) is 4.93. The minimum atomic E-state index is -0.274. The highest BCUT2D eigenvalue weighted by atomic mass is 32.1. The van der Waals surface area contributed by atoms with Crippen molar-refractivity contribution in [2.24, 2.45) is 0 Å². The average molecular weight is 295 g/mol. The number of nitrogens with zero attached hydrogens (tertiary/aromatic N) is 1. The second kappa shape index (κ2) is 8.40. The number of carbonyl (C=O) groups excluding carboxylic acids is 1. The predicted molar refractivity (Wildman–Crippen MR) is 82.4 cm³/mol. The van der Waals surface area contributed by atoms with E-state index in [9.17, 15) is 4.79 Å². The van der Waals surface area contributed by atoms with Gasteiger partial charge in [-0.2, -0.15) is 0 Å². The first-order valence-corrected chi connectivity index (χ1v) is 8.81. The molecule has 3 nitrogen and oxygen atoms in total. The molecule has 1 heterocycles. The molecule has 1 aromatic heterocycles. The number of hydrogen-bond acceptors (Lipinski definition) is 4. The van der Waals surface area contributed by atoms with E-state index in [0.29, 0.717) is 17.5 Å². The fourth-order valence-electron chi connectivity index (χ4n) is 2.87. The van der Waals surface area contributed by atoms with Crippen LogP contribution in [-0.2, 0) is 4.74 Å². The van der Waals surface area contributed by atoms with Crippen LogP contribution in [0.4, 0.5) is 0 Å². The van der Waals surface area contributed by atoms with Crippen LogP contribution in [0.1, 0.15) is 86.1 Å². The van der Waals surface area contributed by atoms with Gasteiger partial charge in [-0.15, -0.1) is 11.3 Å². The number of thiazole rings is 1. The van der Waals surface area contributed by atoms with Gasteiger partial charge in [-0.05, 0) is 19.8 Å². The number of hydrogen-bond donors (Lipinski definition) is 0. The molecule has 4 heteroatoms. The molecule has 0 bridgehead atoms. The van der Waals surface area contributed by atoms with Gasteiger partial charge in [-0.3, -0.25) is 0 Å². The summed E-state index contributed by atoms with van der Waals surface area (Å²) in [6.07, 6.45) is 11.8. The van der Waals surface area contributed by atoms with Crippen LogP contribution in [0.15, 0.2) is 5.38 Å². The molecule has 0 unspecified atom stereocenters. The van der Waals surface area contributed by atoms with E-state index in [1.807, 2.05) is 6.92 Å². The highest BCUT2D eigenvalue weighted by Crippen LogP contribution is 2.30. The topological polar surface area (TPSA) is 39.2 Å². The molecule has 0 spiro atoms. The summed E-state index contributed by atoms with van der Waals surface area (Å²) in [5, 5.41) is 2.57. The van der Waals surface area contributed by atoms with Gasteiger partial charge in [-0.25, -0.2) is 9.78 Å². The Morgan fingerprint density at radius 1 is 1.20 bits per heavy atom. The Hall–Kier alpha value is -0.900. The molecular formula is C16H25NO2S. The van der Waals surface area contributed by atoms with Crippen LogP contribution in [0.2, 0.25) is 0 Å². The molecule has 0 amide bonds. The molecule has 0 aliphatic heterocycles. The molecule has 0 radical (unpaired) electrons. The Morgan fingerprint density at radius 3 is 2.40 bits per heavy atom. The molecule has 20 heavy (non-hydrogen) atoms. The summed E-state index contributed by atoms with van der Waals surface area (Å²) in [5.41, 5.74) is 1.11. The summed E-state index contributed by atoms with van der Waals surface area (Å²) in [5.74, 6) is 0.260. The third-order valence-corrected chi connectivity index (χ3v) is 4.84. The third kappa shape index (κ3) is 4.58. The summed E-state index contributed by atoms with van der Waals surface area (Å²) in [7, 11) is 0. The van der Waals surface area contributed by atoms with Crippen molar-refractivity contribution in [3.63, 3.8) is 0 Å². The van der Waals surface area contributed by atoms with Crippen LogP contribution in [0.5, 0.6) is 0 Å². The second-order valence-corrected chi connectivity index (χ2v) is 6.41. The highest BCUT2D eigenvalue weighted by Gasteiger charge is 2.18. The fourth-order valence-corrected chi connectivity index (χ4v) is 3.66. The largest absolute Gasteiger partial charge is 0.461 e. The quantitative estimate of drug-likeness (QED) is 0.742. The molecule has 1 fully saturated rings. The van der Waals surface area contributed by atoms with Gasteiger partial charge < -0.3 is 4.74 Å². The maximum atomic E-state index is 11.7. The van der Waals surface area contributed by atoms with Crippen molar-refractivity contribution < 1.29 is 9.53 Å². The number of rotatable bonds is 3. The van der Waals surface area contributed by atoms with Crippen molar-refractivity contribution in [3.8, 4) is 0 Å². The molecular weight excluding hydrogens is 270 g/mol. The Morgan fingerprint density at radius 2 is 1.80 bits per heavy atom. The van der Waals surface area contributed by atoms with E-state index < -0.39 is 0 Å². The van der Waals surface area contributed by atoms with Gasteiger partial charge in [0.2, 0.25) is 5.01 Å². The van der Waals surface area contributed by atoms with E-state index in [1.54, 1.807) is 0 Å². The van der Waals surface area contributed by atoms with Gasteiger partial charge in [0.05, 0.1) is 12.3 Å². The normalized spacial score (nSPS) is 18.6. The van der Waals surface area contributed by atoms with Crippen molar-refractivity contribution in [1.82, 2.24) is 4.98 Å². The summed E-state index contributed by atoms with van der Waals surface area (Å²) in [6.45, 7) is 2.24. The summed E-state index contributed by atoms with van der Waals surface area (Å²) < 4.78 is 5.02. The average Bonchev–Trinajstić information content (AvgIpc) is 2.94. The molecule has 1 aliphatic carbocycles. The molecule has 0 atom stereocenters. The first kappa shape index (κ1) is 15.5. The molecule has 112 valence electrons. The lowest BCUT2D eigenvalue weighted by Crippen LogP contribution is -2.06. The van der Waals surface area contributed by atoms with Crippen LogP contribution < -0.4 is 0 Å². The summed E-state index contributed by atoms with van der Waals surface area (Å²) in [6, 6.07) is 0. The third-order valence-electron chi connectivity index (χ3n) is 4.00. The van der Waals surface area contributed by atoms with Crippen LogP contribution in [0, 0.1) is 0 Å². The molecule has 1 aromatic rings. The van der Waals surface area contributed by atoms with Crippen LogP contribution in [-0.4, -0.2) is 17.6 Å². The Bertz CT molecular complexity index is 406. The first-order valence-electron chi connectivity index (χ1n) is 7.93. The maximum absolute atomic E-state index is 11.7. The lowest BCUT2D eigenvalue weighted by molar-refractivity contribution is 0.0525. The van der Waals surface area contributed by atoms with Crippen molar-refractivity contribution in [3.05, 3.63) is 16.1 Å². The van der Waals surface area contributed by atoms with E-state index in [-0.39, 0.29) is 5.97 Å². The fraction of sp³-hybridized carbons (Fsp3) is 0.750. The highest BCUT2D eigenvalue weighted by molar-refractivity contribution is 7.11. The van der Waals surface area contributed by atoms with Gasteiger partial charge in [0.25, 0.3) is 0 Å². The minimum Gasteiger partial charge on any atom is -0.461 e.